The molecule has 1 heterocycles. The monoisotopic (exact) mass is 178 g/mol. The molecule has 2 rings (SSSR count). The molecule has 1 aromatic heterocycles. The minimum Gasteiger partial charge on any atom is -0.398 e. The fourth-order valence-corrected chi connectivity index (χ4v) is 1.33. The molecule has 0 aliphatic rings. The second-order valence-corrected chi connectivity index (χ2v) is 2.96. The van der Waals surface area contributed by atoms with Crippen molar-refractivity contribution >= 4 is 28.1 Å². The Morgan fingerprint density at radius 3 is 3.00 bits per heavy atom. The van der Waals surface area contributed by atoms with E-state index in [1.165, 1.54) is 0 Å². The van der Waals surface area contributed by atoms with E-state index in [9.17, 15) is 0 Å². The minimum atomic E-state index is 0.494. The lowest BCUT2D eigenvalue weighted by molar-refractivity contribution is 1.36. The van der Waals surface area contributed by atoms with Gasteiger partial charge in [-0.05, 0) is 17.5 Å². The molecule has 0 amide bonds. The number of halogens is 1. The van der Waals surface area contributed by atoms with Gasteiger partial charge in [-0.2, -0.15) is 0 Å². The number of nitrogen functional groups attached to an aromatic ring is 1. The third-order valence-corrected chi connectivity index (χ3v) is 1.97. The first-order valence-corrected chi connectivity index (χ1v) is 3.95. The summed E-state index contributed by atoms with van der Waals surface area (Å²) in [5.74, 6) is 0. The van der Waals surface area contributed by atoms with Crippen molar-refractivity contribution in [1.29, 1.82) is 0 Å². The third-order valence-electron chi connectivity index (χ3n) is 1.77. The zero-order chi connectivity index (χ0) is 8.55. The molecule has 60 valence electrons. The number of nitrogens with zero attached hydrogens (tertiary/aromatic N) is 1. The first-order chi connectivity index (χ1) is 5.77. The normalized spacial score (nSPS) is 10.4. The fraction of sp³-hybridized carbons (Fsp3) is 0. The third kappa shape index (κ3) is 1.10. The van der Waals surface area contributed by atoms with Gasteiger partial charge in [0.1, 0.15) is 5.15 Å². The Kier molecular flexibility index (Phi) is 1.62. The van der Waals surface area contributed by atoms with Gasteiger partial charge in [-0.3, -0.25) is 0 Å². The SMILES string of the molecule is Nc1cccc2cc(Cl)ncc12. The van der Waals surface area contributed by atoms with Crippen LogP contribution < -0.4 is 5.73 Å². The summed E-state index contributed by atoms with van der Waals surface area (Å²) >= 11 is 5.72. The van der Waals surface area contributed by atoms with Crippen molar-refractivity contribution in [3.8, 4) is 0 Å². The summed E-state index contributed by atoms with van der Waals surface area (Å²) in [4.78, 5) is 3.95. The van der Waals surface area contributed by atoms with Crippen molar-refractivity contribution < 1.29 is 0 Å². The summed E-state index contributed by atoms with van der Waals surface area (Å²) in [5.41, 5.74) is 6.46. The molecular formula is C9H7ClN2. The Balaban J connectivity index is 2.86. The Hall–Kier alpha value is -1.28. The van der Waals surface area contributed by atoms with Crippen LogP contribution in [0.1, 0.15) is 0 Å². The average Bonchev–Trinajstić information content (AvgIpc) is 2.04. The molecule has 2 nitrogen and oxygen atoms in total. The molecule has 0 aliphatic heterocycles. The summed E-state index contributed by atoms with van der Waals surface area (Å²) in [5, 5.41) is 2.46. The van der Waals surface area contributed by atoms with Crippen LogP contribution in [0, 0.1) is 0 Å². The number of fused-ring (bicyclic) bond motifs is 1. The number of hydrogen-bond acceptors (Lipinski definition) is 2. The van der Waals surface area contributed by atoms with Crippen LogP contribution in [0.2, 0.25) is 5.15 Å². The highest BCUT2D eigenvalue weighted by molar-refractivity contribution is 6.30. The molecule has 0 saturated heterocycles. The summed E-state index contributed by atoms with van der Waals surface area (Å²) in [6, 6.07) is 7.50. The van der Waals surface area contributed by atoms with E-state index < -0.39 is 0 Å². The fourth-order valence-electron chi connectivity index (χ4n) is 1.17. The summed E-state index contributed by atoms with van der Waals surface area (Å²) in [7, 11) is 0. The molecule has 0 spiro atoms. The van der Waals surface area contributed by atoms with E-state index in [0.29, 0.717) is 5.15 Å². The predicted octanol–water partition coefficient (Wildman–Crippen LogP) is 2.47. The van der Waals surface area contributed by atoms with Gasteiger partial charge in [0, 0.05) is 17.3 Å². The summed E-state index contributed by atoms with van der Waals surface area (Å²) in [6.45, 7) is 0. The highest BCUT2D eigenvalue weighted by Crippen LogP contribution is 2.21. The van der Waals surface area contributed by atoms with E-state index in [0.717, 1.165) is 16.5 Å². The lowest BCUT2D eigenvalue weighted by atomic mass is 10.1. The zero-order valence-electron chi connectivity index (χ0n) is 6.29. The van der Waals surface area contributed by atoms with E-state index in [2.05, 4.69) is 4.98 Å². The number of aromatic nitrogens is 1. The van der Waals surface area contributed by atoms with Crippen LogP contribution in [0.4, 0.5) is 5.69 Å². The Labute approximate surface area is 75.0 Å². The van der Waals surface area contributed by atoms with E-state index in [-0.39, 0.29) is 0 Å². The van der Waals surface area contributed by atoms with Crippen molar-refractivity contribution in [2.75, 3.05) is 5.73 Å². The van der Waals surface area contributed by atoms with Crippen molar-refractivity contribution in [3.05, 3.63) is 35.6 Å². The van der Waals surface area contributed by atoms with Gasteiger partial charge in [0.25, 0.3) is 0 Å². The molecule has 3 heteroatoms. The van der Waals surface area contributed by atoms with Crippen LogP contribution in [0.15, 0.2) is 30.5 Å². The lowest BCUT2D eigenvalue weighted by Gasteiger charge is -2.00. The van der Waals surface area contributed by atoms with Crippen LogP contribution >= 0.6 is 11.6 Å². The topological polar surface area (TPSA) is 38.9 Å². The van der Waals surface area contributed by atoms with Gasteiger partial charge in [-0.15, -0.1) is 0 Å². The number of benzene rings is 1. The van der Waals surface area contributed by atoms with Crippen LogP contribution in [0.3, 0.4) is 0 Å². The molecule has 2 aromatic rings. The van der Waals surface area contributed by atoms with Crippen LogP contribution in [0.5, 0.6) is 0 Å². The summed E-state index contributed by atoms with van der Waals surface area (Å²) in [6.07, 6.45) is 1.69. The maximum absolute atomic E-state index is 5.72. The number of nitrogens with two attached hydrogens (primary N) is 1. The summed E-state index contributed by atoms with van der Waals surface area (Å²) < 4.78 is 0. The number of anilines is 1. The molecule has 0 atom stereocenters. The van der Waals surface area contributed by atoms with Gasteiger partial charge in [0.2, 0.25) is 0 Å². The molecular weight excluding hydrogens is 172 g/mol. The van der Waals surface area contributed by atoms with E-state index in [1.54, 1.807) is 12.3 Å². The number of hydrogen-bond donors (Lipinski definition) is 1. The minimum absolute atomic E-state index is 0.494. The van der Waals surface area contributed by atoms with Crippen molar-refractivity contribution in [3.63, 3.8) is 0 Å². The predicted molar refractivity (Wildman–Crippen MR) is 51.2 cm³/mol. The molecule has 1 aromatic carbocycles. The van der Waals surface area contributed by atoms with Gasteiger partial charge in [0.15, 0.2) is 0 Å². The second kappa shape index (κ2) is 2.64. The van der Waals surface area contributed by atoms with Gasteiger partial charge < -0.3 is 5.73 Å². The molecule has 0 bridgehead atoms. The van der Waals surface area contributed by atoms with Crippen molar-refractivity contribution in [2.45, 2.75) is 0 Å². The molecule has 0 saturated carbocycles. The first-order valence-electron chi connectivity index (χ1n) is 3.57. The van der Waals surface area contributed by atoms with Gasteiger partial charge in [-0.1, -0.05) is 23.7 Å². The van der Waals surface area contributed by atoms with E-state index >= 15 is 0 Å². The van der Waals surface area contributed by atoms with Crippen LogP contribution in [-0.4, -0.2) is 4.98 Å². The zero-order valence-corrected chi connectivity index (χ0v) is 7.05. The quantitative estimate of drug-likeness (QED) is 0.497. The standard InChI is InChI=1S/C9H7ClN2/c10-9-4-6-2-1-3-8(11)7(6)5-12-9/h1-5H,11H2. The Morgan fingerprint density at radius 1 is 1.33 bits per heavy atom. The Bertz CT molecular complexity index is 426. The molecule has 0 unspecified atom stereocenters. The average molecular weight is 179 g/mol. The maximum Gasteiger partial charge on any atom is 0.129 e. The highest BCUT2D eigenvalue weighted by atomic mass is 35.5. The first kappa shape index (κ1) is 7.37. The van der Waals surface area contributed by atoms with Crippen LogP contribution in [-0.2, 0) is 0 Å². The van der Waals surface area contributed by atoms with Gasteiger partial charge in [-0.25, -0.2) is 4.98 Å². The van der Waals surface area contributed by atoms with Crippen molar-refractivity contribution in [1.82, 2.24) is 4.98 Å². The molecule has 0 aliphatic carbocycles. The van der Waals surface area contributed by atoms with E-state index in [1.807, 2.05) is 18.2 Å². The van der Waals surface area contributed by atoms with Crippen molar-refractivity contribution in [2.24, 2.45) is 0 Å². The van der Waals surface area contributed by atoms with Gasteiger partial charge >= 0.3 is 0 Å². The highest BCUT2D eigenvalue weighted by Gasteiger charge is 1.97. The van der Waals surface area contributed by atoms with E-state index in [4.69, 9.17) is 17.3 Å². The smallest absolute Gasteiger partial charge is 0.129 e. The lowest BCUT2D eigenvalue weighted by Crippen LogP contribution is -1.86. The van der Waals surface area contributed by atoms with Crippen LogP contribution in [0.25, 0.3) is 10.8 Å². The molecule has 12 heavy (non-hydrogen) atoms. The second-order valence-electron chi connectivity index (χ2n) is 2.58. The number of rotatable bonds is 0. The maximum atomic E-state index is 5.72. The molecule has 0 radical (unpaired) electrons. The van der Waals surface area contributed by atoms with Gasteiger partial charge in [0.05, 0.1) is 0 Å². The Morgan fingerprint density at radius 2 is 2.17 bits per heavy atom. The molecule has 2 N–H and O–H groups in total. The largest absolute Gasteiger partial charge is 0.398 e. The molecule has 0 fully saturated rings. The number of pyridine rings is 1.